The van der Waals surface area contributed by atoms with E-state index in [-0.39, 0.29) is 34.1 Å². The molecule has 0 heterocycles. The summed E-state index contributed by atoms with van der Waals surface area (Å²) in [4.78, 5) is 6.85. The molecule has 0 aliphatic rings. The van der Waals surface area contributed by atoms with E-state index in [1.165, 1.54) is 0 Å². The van der Waals surface area contributed by atoms with E-state index < -0.39 is 0 Å². The first-order valence-corrected chi connectivity index (χ1v) is 9.37. The van der Waals surface area contributed by atoms with Crippen molar-refractivity contribution in [2.45, 2.75) is 0 Å². The normalized spacial score (nSPS) is 7.08. The Kier molecular flexibility index (Phi) is 42.5. The van der Waals surface area contributed by atoms with E-state index in [9.17, 15) is 0 Å². The zero-order chi connectivity index (χ0) is 20.6. The molecule has 0 saturated carbocycles. The molecule has 0 rings (SSSR count). The van der Waals surface area contributed by atoms with Gasteiger partial charge in [-0.3, -0.25) is 0 Å². The van der Waals surface area contributed by atoms with Gasteiger partial charge < -0.3 is 119 Å². The third-order valence-electron chi connectivity index (χ3n) is 1.46. The van der Waals surface area contributed by atoms with Gasteiger partial charge >= 0.3 is 34.1 Å². The fourth-order valence-corrected chi connectivity index (χ4v) is 0. The number of nitrogens with zero attached hydrogens (tertiary/aromatic N) is 4. The summed E-state index contributed by atoms with van der Waals surface area (Å²) in [6.45, 7) is 0. The molecular weight excluding hydrogens is 568 g/mol. The van der Waals surface area contributed by atoms with E-state index in [1.54, 1.807) is 19.6 Å². The van der Waals surface area contributed by atoms with Crippen LogP contribution in [0, 0.1) is 0 Å². The molecule has 0 aromatic carbocycles. The SMILES string of the molecule is CN(C)C(=S)[S-].CN(C)C(=S)[S-].CN(C)C(=S)[S-].CN(C)C(=S)[S-].[Fe+2].[Fe+2]. The fraction of sp³-hybridized carbons (Fsp3) is 0.667. The maximum Gasteiger partial charge on any atom is 2.00 e. The van der Waals surface area contributed by atoms with Crippen molar-refractivity contribution < 1.29 is 34.1 Å². The Hall–Kier alpha value is 1.48. The second-order valence-corrected chi connectivity index (χ2v) is 8.77. The Morgan fingerprint density at radius 2 is 0.462 bits per heavy atom. The van der Waals surface area contributed by atoms with E-state index in [1.807, 2.05) is 56.4 Å². The Labute approximate surface area is 224 Å². The number of hydrogen-bond acceptors (Lipinski definition) is 8. The molecule has 0 radical (unpaired) electrons. The first kappa shape index (κ1) is 41.8. The first-order valence-electron chi connectivity index (χ1n) is 6.11. The van der Waals surface area contributed by atoms with Crippen molar-refractivity contribution in [2.75, 3.05) is 56.4 Å². The predicted molar refractivity (Wildman–Crippen MR) is 135 cm³/mol. The molecule has 0 saturated heterocycles. The third-order valence-corrected chi connectivity index (χ3v) is 4.38. The topological polar surface area (TPSA) is 13.0 Å². The average molecular weight is 593 g/mol. The molecule has 0 bridgehead atoms. The largest absolute Gasteiger partial charge is 2.00 e. The van der Waals surface area contributed by atoms with Crippen molar-refractivity contribution in [3.05, 3.63) is 0 Å². The minimum absolute atomic E-state index is 0. The smallest absolute Gasteiger partial charge is 0.411 e. The molecule has 14 heteroatoms. The van der Waals surface area contributed by atoms with Crippen LogP contribution in [0.3, 0.4) is 0 Å². The predicted octanol–water partition coefficient (Wildman–Crippen LogP) is 1.51. The third kappa shape index (κ3) is 50.0. The van der Waals surface area contributed by atoms with E-state index in [0.29, 0.717) is 17.3 Å². The molecule has 0 aromatic heterocycles. The van der Waals surface area contributed by atoms with Gasteiger partial charge in [0.25, 0.3) is 0 Å². The molecule has 0 aliphatic heterocycles. The molecule has 0 N–H and O–H groups in total. The molecule has 0 spiro atoms. The van der Waals surface area contributed by atoms with Crippen molar-refractivity contribution in [1.82, 2.24) is 19.6 Å². The molecule has 4 nitrogen and oxygen atoms in total. The molecule has 0 fully saturated rings. The first-order chi connectivity index (χ1) is 10.6. The van der Waals surface area contributed by atoms with Gasteiger partial charge in [-0.25, -0.2) is 0 Å². The van der Waals surface area contributed by atoms with Crippen LogP contribution in [0.25, 0.3) is 0 Å². The van der Waals surface area contributed by atoms with Crippen LogP contribution >= 0.6 is 48.9 Å². The number of thiocarbonyl (C=S) groups is 4. The van der Waals surface area contributed by atoms with Crippen LogP contribution in [-0.4, -0.2) is 93.3 Å². The van der Waals surface area contributed by atoms with Crippen molar-refractivity contribution in [2.24, 2.45) is 0 Å². The van der Waals surface area contributed by atoms with Gasteiger partial charge in [-0.1, -0.05) is 17.3 Å². The summed E-state index contributed by atoms with van der Waals surface area (Å²) in [5.41, 5.74) is 0. The zero-order valence-corrected chi connectivity index (χ0v) is 24.5. The van der Waals surface area contributed by atoms with E-state index in [4.69, 9.17) is 0 Å². The summed E-state index contributed by atoms with van der Waals surface area (Å²) < 4.78 is 2.04. The van der Waals surface area contributed by atoms with Crippen LogP contribution in [0.15, 0.2) is 0 Å². The zero-order valence-electron chi connectivity index (χ0n) is 15.8. The van der Waals surface area contributed by atoms with Crippen LogP contribution in [0.2, 0.25) is 0 Å². The Morgan fingerprint density at radius 1 is 0.423 bits per heavy atom. The fourth-order valence-electron chi connectivity index (χ4n) is 0. The quantitative estimate of drug-likeness (QED) is 0.230. The van der Waals surface area contributed by atoms with Gasteiger partial charge in [0, 0.05) is 56.4 Å². The van der Waals surface area contributed by atoms with Gasteiger partial charge in [0.1, 0.15) is 0 Å². The van der Waals surface area contributed by atoms with Crippen LogP contribution < -0.4 is 0 Å². The molecule has 0 atom stereocenters. The average Bonchev–Trinajstić information content (AvgIpc) is 2.40. The van der Waals surface area contributed by atoms with E-state index in [2.05, 4.69) is 99.4 Å². The molecule has 156 valence electrons. The molecule has 0 aromatic rings. The van der Waals surface area contributed by atoms with Gasteiger partial charge in [-0.2, -0.15) is 0 Å². The van der Waals surface area contributed by atoms with E-state index in [0.717, 1.165) is 0 Å². The van der Waals surface area contributed by atoms with Crippen molar-refractivity contribution in [3.8, 4) is 0 Å². The molecule has 26 heavy (non-hydrogen) atoms. The molecule has 0 amide bonds. The van der Waals surface area contributed by atoms with Gasteiger partial charge in [0.15, 0.2) is 0 Å². The molecular formula is C12H24Fe2N4S8. The second-order valence-electron chi connectivity index (χ2n) is 4.64. The van der Waals surface area contributed by atoms with Gasteiger partial charge in [0.2, 0.25) is 0 Å². The maximum atomic E-state index is 4.56. The van der Waals surface area contributed by atoms with Crippen molar-refractivity contribution in [3.63, 3.8) is 0 Å². The van der Waals surface area contributed by atoms with Crippen molar-refractivity contribution in [1.29, 1.82) is 0 Å². The molecule has 0 aliphatic carbocycles. The Balaban J connectivity index is -0.0000000500. The minimum atomic E-state index is 0. The van der Waals surface area contributed by atoms with Crippen LogP contribution in [0.4, 0.5) is 0 Å². The second kappa shape index (κ2) is 26.5. The molecule has 0 unspecified atom stereocenters. The standard InChI is InChI=1S/4C3H7NS2.2Fe/c4*1-4(2)3(5)6;;/h4*1-2H3,(H,5,6);;/q;;;;2*+2/p-4. The van der Waals surface area contributed by atoms with E-state index >= 15 is 0 Å². The Morgan fingerprint density at radius 3 is 0.462 bits per heavy atom. The Bertz CT molecular complexity index is 321. The summed E-state index contributed by atoms with van der Waals surface area (Å²) in [6, 6.07) is 0. The van der Waals surface area contributed by atoms with Gasteiger partial charge in [-0.05, 0) is 0 Å². The summed E-state index contributed by atoms with van der Waals surface area (Å²) in [7, 11) is 14.6. The number of rotatable bonds is 0. The summed E-state index contributed by atoms with van der Waals surface area (Å²) in [6.07, 6.45) is 0. The minimum Gasteiger partial charge on any atom is -0.411 e. The maximum absolute atomic E-state index is 4.56. The summed E-state index contributed by atoms with van der Waals surface area (Å²) in [5.74, 6) is 0. The summed E-state index contributed by atoms with van der Waals surface area (Å²) >= 11 is 36.5. The van der Waals surface area contributed by atoms with Crippen LogP contribution in [0.1, 0.15) is 0 Å². The van der Waals surface area contributed by atoms with Crippen molar-refractivity contribution >= 4 is 117 Å². The van der Waals surface area contributed by atoms with Gasteiger partial charge in [-0.15, -0.1) is 0 Å². The monoisotopic (exact) mass is 592 g/mol. The summed E-state index contributed by atoms with van der Waals surface area (Å²) in [5, 5.41) is 0. The number of hydrogen-bond donors (Lipinski definition) is 0. The van der Waals surface area contributed by atoms with Crippen LogP contribution in [0.5, 0.6) is 0 Å². The van der Waals surface area contributed by atoms with Gasteiger partial charge in [0.05, 0.1) is 0 Å². The van der Waals surface area contributed by atoms with Crippen LogP contribution in [-0.2, 0) is 84.7 Å².